The number of amides is 5. The van der Waals surface area contributed by atoms with Crippen molar-refractivity contribution in [3.63, 3.8) is 0 Å². The molecule has 13 heteroatoms. The largest absolute Gasteiger partial charge is 0.511 e. The number of aromatic nitrogens is 1. The number of ether oxygens (including phenoxy) is 2. The van der Waals surface area contributed by atoms with Gasteiger partial charge in [-0.15, -0.1) is 0 Å². The number of anilines is 3. The Bertz CT molecular complexity index is 1610. The van der Waals surface area contributed by atoms with Gasteiger partial charge < -0.3 is 30.2 Å². The highest BCUT2D eigenvalue weighted by Gasteiger charge is 2.35. The van der Waals surface area contributed by atoms with Crippen molar-refractivity contribution in [1.29, 1.82) is 0 Å². The molecule has 0 aliphatic carbocycles. The predicted molar refractivity (Wildman–Crippen MR) is 143 cm³/mol. The second kappa shape index (κ2) is 10.1. The summed E-state index contributed by atoms with van der Waals surface area (Å²) in [4.78, 5) is 54.7. The summed E-state index contributed by atoms with van der Waals surface area (Å²) in [6, 6.07) is 7.49. The fraction of sp³-hybridized carbons (Fsp3) is 0.185. The molecule has 206 valence electrons. The SMILES string of the molecule is COc1ccc(N2CCN(C(=O)Nc3ccc4c(c3)NC(=O)/C4=C\c3[nH]c(C)c(OC(=O)O)c3C)C2=O)c(F)c1. The molecule has 0 unspecified atom stereocenters. The molecule has 2 aromatic carbocycles. The van der Waals surface area contributed by atoms with Crippen LogP contribution in [0.25, 0.3) is 11.6 Å². The Morgan fingerprint density at radius 2 is 1.90 bits per heavy atom. The molecule has 3 aromatic rings. The number of aryl methyl sites for hydroxylation is 1. The number of aromatic amines is 1. The molecule has 0 saturated carbocycles. The van der Waals surface area contributed by atoms with Crippen LogP contribution in [0.3, 0.4) is 0 Å². The van der Waals surface area contributed by atoms with Gasteiger partial charge in [0.1, 0.15) is 5.75 Å². The second-order valence-electron chi connectivity index (χ2n) is 9.09. The van der Waals surface area contributed by atoms with E-state index in [1.807, 2.05) is 0 Å². The molecule has 0 radical (unpaired) electrons. The normalized spacial score (nSPS) is 15.3. The van der Waals surface area contributed by atoms with Gasteiger partial charge in [-0.1, -0.05) is 6.07 Å². The third-order valence-electron chi connectivity index (χ3n) is 6.64. The number of fused-ring (bicyclic) bond motifs is 1. The first-order chi connectivity index (χ1) is 19.1. The molecule has 0 spiro atoms. The van der Waals surface area contributed by atoms with Gasteiger partial charge in [-0.2, -0.15) is 0 Å². The number of rotatable bonds is 5. The zero-order valence-corrected chi connectivity index (χ0v) is 21.6. The van der Waals surface area contributed by atoms with Crippen molar-refractivity contribution >= 4 is 52.8 Å². The number of carbonyl (C=O) groups excluding carboxylic acids is 3. The van der Waals surface area contributed by atoms with Crippen molar-refractivity contribution in [2.75, 3.05) is 35.7 Å². The smallest absolute Gasteiger partial charge is 0.497 e. The maximum Gasteiger partial charge on any atom is 0.511 e. The standard InChI is InChI=1S/C27H24FN5O7/c1-13-20(29-14(2)23(13)40-27(37)38)12-18-17-6-4-15(10-21(17)31-24(18)34)30-25(35)33-9-8-32(26(33)36)22-7-5-16(39-3)11-19(22)28/h4-7,10-12,29H,8-9H2,1-3H3,(H,30,35)(H,31,34)(H,37,38)/b18-12-. The van der Waals surface area contributed by atoms with Gasteiger partial charge in [0.05, 0.1) is 36.3 Å². The van der Waals surface area contributed by atoms with Crippen LogP contribution in [0.15, 0.2) is 36.4 Å². The summed E-state index contributed by atoms with van der Waals surface area (Å²) in [5.74, 6) is -0.568. The van der Waals surface area contributed by atoms with Crippen LogP contribution in [0, 0.1) is 19.7 Å². The molecular formula is C27H24FN5O7. The first-order valence-corrected chi connectivity index (χ1v) is 12.1. The molecule has 4 N–H and O–H groups in total. The lowest BCUT2D eigenvalue weighted by Gasteiger charge is -2.19. The van der Waals surface area contributed by atoms with E-state index < -0.39 is 29.9 Å². The summed E-state index contributed by atoms with van der Waals surface area (Å²) in [6.07, 6.45) is 0.144. The lowest BCUT2D eigenvalue weighted by molar-refractivity contribution is -0.110. The third-order valence-corrected chi connectivity index (χ3v) is 6.64. The lowest BCUT2D eigenvalue weighted by Crippen LogP contribution is -2.39. The van der Waals surface area contributed by atoms with Crippen LogP contribution < -0.4 is 25.0 Å². The number of carbonyl (C=O) groups is 4. The van der Waals surface area contributed by atoms with Gasteiger partial charge in [-0.05, 0) is 44.2 Å². The molecule has 1 saturated heterocycles. The minimum Gasteiger partial charge on any atom is -0.497 e. The van der Waals surface area contributed by atoms with Crippen molar-refractivity contribution in [2.45, 2.75) is 13.8 Å². The van der Waals surface area contributed by atoms with E-state index in [1.165, 1.54) is 24.1 Å². The second-order valence-corrected chi connectivity index (χ2v) is 9.09. The van der Waals surface area contributed by atoms with Crippen LogP contribution in [-0.4, -0.2) is 59.3 Å². The molecule has 5 rings (SSSR count). The van der Waals surface area contributed by atoms with Gasteiger partial charge in [-0.3, -0.25) is 9.69 Å². The van der Waals surface area contributed by atoms with Crippen molar-refractivity contribution in [1.82, 2.24) is 9.88 Å². The highest BCUT2D eigenvalue weighted by Crippen LogP contribution is 2.37. The number of carboxylic acid groups (broad SMARTS) is 1. The average molecular weight is 550 g/mol. The fourth-order valence-corrected chi connectivity index (χ4v) is 4.67. The number of imide groups is 1. The molecule has 1 aromatic heterocycles. The van der Waals surface area contributed by atoms with Gasteiger partial charge in [0.2, 0.25) is 0 Å². The number of halogens is 1. The number of urea groups is 2. The van der Waals surface area contributed by atoms with Crippen LogP contribution in [0.2, 0.25) is 0 Å². The Labute approximate surface area is 227 Å². The number of benzene rings is 2. The first kappa shape index (κ1) is 26.3. The van der Waals surface area contributed by atoms with Crippen LogP contribution in [0.5, 0.6) is 11.5 Å². The summed E-state index contributed by atoms with van der Waals surface area (Å²) in [6.45, 7) is 3.49. The summed E-state index contributed by atoms with van der Waals surface area (Å²) in [5, 5.41) is 14.3. The lowest BCUT2D eigenvalue weighted by atomic mass is 10.0. The van der Waals surface area contributed by atoms with Crippen molar-refractivity contribution in [3.8, 4) is 11.5 Å². The quantitative estimate of drug-likeness (QED) is 0.263. The predicted octanol–water partition coefficient (Wildman–Crippen LogP) is 4.80. The number of nitrogens with one attached hydrogen (secondary N) is 3. The molecule has 2 aliphatic heterocycles. The summed E-state index contributed by atoms with van der Waals surface area (Å²) >= 11 is 0. The highest BCUT2D eigenvalue weighted by atomic mass is 19.1. The zero-order chi connectivity index (χ0) is 28.7. The number of hydrogen-bond acceptors (Lipinski definition) is 6. The summed E-state index contributed by atoms with van der Waals surface area (Å²) in [5.41, 5.74) is 3.22. The van der Waals surface area contributed by atoms with E-state index in [2.05, 4.69) is 15.6 Å². The molecule has 40 heavy (non-hydrogen) atoms. The molecule has 0 bridgehead atoms. The Morgan fingerprint density at radius 1 is 1.12 bits per heavy atom. The van der Waals surface area contributed by atoms with Crippen LogP contribution in [-0.2, 0) is 4.79 Å². The zero-order valence-electron chi connectivity index (χ0n) is 21.6. The van der Waals surface area contributed by atoms with Gasteiger partial charge in [0.15, 0.2) is 11.6 Å². The monoisotopic (exact) mass is 549 g/mol. The van der Waals surface area contributed by atoms with Gasteiger partial charge in [-0.25, -0.2) is 23.7 Å². The van der Waals surface area contributed by atoms with Gasteiger partial charge in [0.25, 0.3) is 5.91 Å². The van der Waals surface area contributed by atoms with Crippen LogP contribution in [0.1, 0.15) is 22.5 Å². The highest BCUT2D eigenvalue weighted by molar-refractivity contribution is 6.35. The maximum atomic E-state index is 14.5. The third kappa shape index (κ3) is 4.68. The molecule has 3 heterocycles. The number of H-pyrrole nitrogens is 1. The molecule has 1 fully saturated rings. The summed E-state index contributed by atoms with van der Waals surface area (Å²) < 4.78 is 24.3. The Balaban J connectivity index is 1.32. The minimum absolute atomic E-state index is 0.0369. The van der Waals surface area contributed by atoms with Crippen molar-refractivity contribution in [3.05, 3.63) is 64.7 Å². The van der Waals surface area contributed by atoms with Crippen LogP contribution >= 0.6 is 0 Å². The molecule has 2 aliphatic rings. The summed E-state index contributed by atoms with van der Waals surface area (Å²) in [7, 11) is 1.40. The Hall–Kier alpha value is -5.33. The topological polar surface area (TPSA) is 153 Å². The Kier molecular flexibility index (Phi) is 6.63. The fourth-order valence-electron chi connectivity index (χ4n) is 4.67. The first-order valence-electron chi connectivity index (χ1n) is 12.1. The minimum atomic E-state index is -1.45. The molecular weight excluding hydrogens is 525 g/mol. The van der Waals surface area contributed by atoms with E-state index in [-0.39, 0.29) is 24.5 Å². The van der Waals surface area contributed by atoms with E-state index >= 15 is 0 Å². The molecule has 5 amide bonds. The van der Waals surface area contributed by atoms with Gasteiger partial charge >= 0.3 is 18.2 Å². The van der Waals surface area contributed by atoms with Gasteiger partial charge in [0, 0.05) is 35.1 Å². The van der Waals surface area contributed by atoms with Crippen molar-refractivity contribution < 1.29 is 38.1 Å². The van der Waals surface area contributed by atoms with E-state index in [9.17, 15) is 23.6 Å². The number of nitrogens with zero attached hydrogens (tertiary/aromatic N) is 2. The van der Waals surface area contributed by atoms with E-state index in [0.717, 1.165) is 11.0 Å². The van der Waals surface area contributed by atoms with Crippen LogP contribution in [0.4, 0.5) is 35.8 Å². The molecule has 12 nitrogen and oxygen atoms in total. The van der Waals surface area contributed by atoms with E-state index in [1.54, 1.807) is 38.1 Å². The molecule has 0 atom stereocenters. The van der Waals surface area contributed by atoms with E-state index in [0.29, 0.717) is 45.2 Å². The maximum absolute atomic E-state index is 14.5. The van der Waals surface area contributed by atoms with E-state index in [4.69, 9.17) is 14.6 Å². The number of methoxy groups -OCH3 is 1. The van der Waals surface area contributed by atoms with Crippen molar-refractivity contribution in [2.24, 2.45) is 0 Å². The average Bonchev–Trinajstić information content (AvgIpc) is 3.52. The Morgan fingerprint density at radius 3 is 2.60 bits per heavy atom. The number of hydrogen-bond donors (Lipinski definition) is 4.